The second-order valence-corrected chi connectivity index (χ2v) is 3.69. The summed E-state index contributed by atoms with van der Waals surface area (Å²) in [5, 5.41) is 32.3. The van der Waals surface area contributed by atoms with Crippen LogP contribution in [0.15, 0.2) is 0 Å². The van der Waals surface area contributed by atoms with E-state index in [1.165, 1.54) is 0 Å². The molecule has 14 heteroatoms. The van der Waals surface area contributed by atoms with Crippen molar-refractivity contribution in [2.24, 2.45) is 0 Å². The Labute approximate surface area is 103 Å². The van der Waals surface area contributed by atoms with Gasteiger partial charge in [0.1, 0.15) is 13.1 Å². The van der Waals surface area contributed by atoms with Crippen LogP contribution in [0, 0.1) is 30.3 Å². The van der Waals surface area contributed by atoms with Gasteiger partial charge in [-0.1, -0.05) is 10.0 Å². The van der Waals surface area contributed by atoms with Gasteiger partial charge in [-0.25, -0.2) is 35.1 Å². The molecule has 0 aromatic rings. The number of carbonyl (C=O) groups excluding carboxylic acids is 1. The summed E-state index contributed by atoms with van der Waals surface area (Å²) in [6, 6.07) is -1.24. The number of carbonyl (C=O) groups is 1. The highest BCUT2D eigenvalue weighted by Gasteiger charge is 2.61. The van der Waals surface area contributed by atoms with Gasteiger partial charge in [-0.3, -0.25) is 0 Å². The first-order chi connectivity index (χ1) is 8.84. The second kappa shape index (κ2) is 4.07. The van der Waals surface area contributed by atoms with Crippen molar-refractivity contribution in [3.05, 3.63) is 30.3 Å². The van der Waals surface area contributed by atoms with E-state index >= 15 is 0 Å². The first kappa shape index (κ1) is 12.5. The zero-order valence-corrected chi connectivity index (χ0v) is 9.11. The first-order valence-electron chi connectivity index (χ1n) is 4.90. The molecule has 2 saturated heterocycles. The maximum atomic E-state index is 11.4. The average Bonchev–Trinajstić information content (AvgIpc) is 2.63. The van der Waals surface area contributed by atoms with E-state index in [2.05, 4.69) is 0 Å². The Kier molecular flexibility index (Phi) is 2.68. The third kappa shape index (κ3) is 1.78. The molecule has 2 aliphatic heterocycles. The van der Waals surface area contributed by atoms with Crippen molar-refractivity contribution in [2.45, 2.75) is 12.3 Å². The number of piperazine rings is 1. The van der Waals surface area contributed by atoms with E-state index in [1.807, 2.05) is 5.32 Å². The maximum Gasteiger partial charge on any atom is 0.380 e. The highest BCUT2D eigenvalue weighted by Crippen LogP contribution is 2.24. The molecule has 2 amide bonds. The molecule has 0 spiro atoms. The van der Waals surface area contributed by atoms with E-state index in [0.717, 1.165) is 0 Å². The van der Waals surface area contributed by atoms with Crippen LogP contribution in [0.5, 0.6) is 0 Å². The molecule has 0 aromatic carbocycles. The molecular weight excluding hydrogens is 270 g/mol. The molecular formula is C5H7N7O7. The minimum absolute atomic E-state index is 0.0247. The van der Waals surface area contributed by atoms with Gasteiger partial charge in [-0.05, 0) is 5.01 Å². The standard InChI is InChI=1S/C5H7N7O7/c13-5-6-3-4(9(5)12(18)19)8(11(16)17)2-1-7(3)10(14)15/h3-4H,1-2H2,(H,6,13). The zero-order chi connectivity index (χ0) is 14.3. The van der Waals surface area contributed by atoms with Gasteiger partial charge in [0, 0.05) is 0 Å². The second-order valence-electron chi connectivity index (χ2n) is 3.69. The van der Waals surface area contributed by atoms with Crippen LogP contribution in [0.25, 0.3) is 0 Å². The fraction of sp³-hybridized carbons (Fsp3) is 0.800. The molecule has 2 aliphatic rings. The normalized spacial score (nSPS) is 25.9. The van der Waals surface area contributed by atoms with E-state index < -0.39 is 40.0 Å². The third-order valence-corrected chi connectivity index (χ3v) is 2.79. The molecule has 2 rings (SSSR count). The molecule has 19 heavy (non-hydrogen) atoms. The van der Waals surface area contributed by atoms with Crippen LogP contribution >= 0.6 is 0 Å². The number of fused-ring (bicyclic) bond motifs is 1. The van der Waals surface area contributed by atoms with Gasteiger partial charge >= 0.3 is 6.03 Å². The highest BCUT2D eigenvalue weighted by molar-refractivity contribution is 5.76. The van der Waals surface area contributed by atoms with Crippen LogP contribution in [-0.2, 0) is 0 Å². The lowest BCUT2D eigenvalue weighted by molar-refractivity contribution is -0.739. The van der Waals surface area contributed by atoms with Crippen LogP contribution < -0.4 is 5.32 Å². The summed E-state index contributed by atoms with van der Waals surface area (Å²) in [5.41, 5.74) is 0. The van der Waals surface area contributed by atoms with E-state index in [9.17, 15) is 35.1 Å². The number of nitrogens with one attached hydrogen (secondary N) is 1. The Morgan fingerprint density at radius 1 is 1.00 bits per heavy atom. The number of nitrogens with zero attached hydrogens (tertiary/aromatic N) is 6. The van der Waals surface area contributed by atoms with Crippen molar-refractivity contribution in [3.8, 4) is 0 Å². The zero-order valence-electron chi connectivity index (χ0n) is 9.11. The Bertz CT molecular complexity index is 467. The maximum absolute atomic E-state index is 11.4. The molecule has 1 N–H and O–H groups in total. The van der Waals surface area contributed by atoms with E-state index in [1.54, 1.807) is 0 Å². The number of urea groups is 1. The number of nitro groups is 3. The Morgan fingerprint density at radius 2 is 1.53 bits per heavy atom. The van der Waals surface area contributed by atoms with Crippen molar-refractivity contribution in [1.82, 2.24) is 20.3 Å². The van der Waals surface area contributed by atoms with Crippen molar-refractivity contribution >= 4 is 6.03 Å². The molecule has 104 valence electrons. The summed E-state index contributed by atoms with van der Waals surface area (Å²) >= 11 is 0. The monoisotopic (exact) mass is 277 g/mol. The lowest BCUT2D eigenvalue weighted by Gasteiger charge is -2.32. The Hall–Kier alpha value is -2.93. The number of hydrogen-bond acceptors (Lipinski definition) is 7. The SMILES string of the molecule is O=C1NC2C(N([N+](=O)[O-])CCN2[N+](=O)[O-])N1[N+](=O)[O-]. The lowest BCUT2D eigenvalue weighted by Crippen LogP contribution is -2.66. The van der Waals surface area contributed by atoms with Crippen molar-refractivity contribution in [1.29, 1.82) is 0 Å². The van der Waals surface area contributed by atoms with Crippen molar-refractivity contribution in [3.63, 3.8) is 0 Å². The fourth-order valence-corrected chi connectivity index (χ4v) is 2.05. The predicted octanol–water partition coefficient (Wildman–Crippen LogP) is -2.14. The highest BCUT2D eigenvalue weighted by atomic mass is 16.7. The van der Waals surface area contributed by atoms with Crippen LogP contribution in [0.3, 0.4) is 0 Å². The lowest BCUT2D eigenvalue weighted by atomic mass is 10.3. The van der Waals surface area contributed by atoms with Gasteiger partial charge < -0.3 is 5.32 Å². The first-order valence-corrected chi connectivity index (χ1v) is 4.90. The summed E-state index contributed by atoms with van der Waals surface area (Å²) in [5.74, 6) is 0. The van der Waals surface area contributed by atoms with Gasteiger partial charge in [-0.15, -0.1) is 0 Å². The molecule has 2 fully saturated rings. The predicted molar refractivity (Wildman–Crippen MR) is 52.3 cm³/mol. The quantitative estimate of drug-likeness (QED) is 0.446. The largest absolute Gasteiger partial charge is 0.380 e. The van der Waals surface area contributed by atoms with Crippen molar-refractivity contribution in [2.75, 3.05) is 13.1 Å². The minimum atomic E-state index is -1.68. The van der Waals surface area contributed by atoms with Crippen LogP contribution in [-0.4, -0.2) is 61.6 Å². The van der Waals surface area contributed by atoms with Gasteiger partial charge in [0.25, 0.3) is 6.17 Å². The number of hydrazine groups is 3. The molecule has 14 nitrogen and oxygen atoms in total. The topological polar surface area (TPSA) is 168 Å². The third-order valence-electron chi connectivity index (χ3n) is 2.79. The fourth-order valence-electron chi connectivity index (χ4n) is 2.05. The minimum Gasteiger partial charge on any atom is -0.305 e. The molecule has 0 aromatic heterocycles. The Balaban J connectivity index is 2.39. The summed E-state index contributed by atoms with van der Waals surface area (Å²) in [6.07, 6.45) is -3.15. The van der Waals surface area contributed by atoms with Crippen molar-refractivity contribution < 1.29 is 19.9 Å². The molecule has 2 unspecified atom stereocenters. The van der Waals surface area contributed by atoms with E-state index in [-0.39, 0.29) is 11.6 Å². The summed E-state index contributed by atoms with van der Waals surface area (Å²) in [6.45, 7) is -0.768. The van der Waals surface area contributed by atoms with E-state index in [4.69, 9.17) is 0 Å². The van der Waals surface area contributed by atoms with Gasteiger partial charge in [0.05, 0.1) is 0 Å². The summed E-state index contributed by atoms with van der Waals surface area (Å²) < 4.78 is 0. The smallest absolute Gasteiger partial charge is 0.305 e. The number of rotatable bonds is 3. The molecule has 2 atom stereocenters. The average molecular weight is 277 g/mol. The molecule has 0 radical (unpaired) electrons. The van der Waals surface area contributed by atoms with Crippen LogP contribution in [0.4, 0.5) is 4.79 Å². The summed E-state index contributed by atoms with van der Waals surface area (Å²) in [7, 11) is 0. The molecule has 0 aliphatic carbocycles. The van der Waals surface area contributed by atoms with Gasteiger partial charge in [-0.2, -0.15) is 0 Å². The Morgan fingerprint density at radius 3 is 2.00 bits per heavy atom. The van der Waals surface area contributed by atoms with Gasteiger partial charge in [0.15, 0.2) is 15.1 Å². The summed E-state index contributed by atoms with van der Waals surface area (Å²) in [4.78, 5) is 43.7. The number of hydrogen-bond donors (Lipinski definition) is 1. The molecule has 0 bridgehead atoms. The molecule has 2 heterocycles. The van der Waals surface area contributed by atoms with E-state index in [0.29, 0.717) is 10.0 Å². The van der Waals surface area contributed by atoms with Gasteiger partial charge in [0.2, 0.25) is 6.17 Å². The van der Waals surface area contributed by atoms with Crippen LogP contribution in [0.1, 0.15) is 0 Å². The van der Waals surface area contributed by atoms with Crippen LogP contribution in [0.2, 0.25) is 0 Å². The number of amides is 2. The molecule has 0 saturated carbocycles.